The number of aromatic nitrogens is 4. The van der Waals surface area contributed by atoms with Crippen molar-refractivity contribution in [2.75, 3.05) is 25.0 Å². The molecule has 2 bridgehead atoms. The summed E-state index contributed by atoms with van der Waals surface area (Å²) >= 11 is 0. The van der Waals surface area contributed by atoms with Crippen LogP contribution in [0, 0.1) is 18.3 Å². The number of piperazine rings is 1. The predicted molar refractivity (Wildman–Crippen MR) is 119 cm³/mol. The zero-order chi connectivity index (χ0) is 22.3. The number of nitrogens with one attached hydrogen (secondary N) is 2. The summed E-state index contributed by atoms with van der Waals surface area (Å²) in [6.07, 6.45) is 3.98. The Kier molecular flexibility index (Phi) is 5.28. The number of H-pyrrole nitrogens is 1. The number of rotatable bonds is 6. The predicted octanol–water partition coefficient (Wildman–Crippen LogP) is 2.16. The molecule has 2 aliphatic heterocycles. The summed E-state index contributed by atoms with van der Waals surface area (Å²) in [5.74, 6) is 0.926. The standard InChI is InChI=1S/C21H24N8O2S/c1-14-10-20(27-26-14)24-19-11-18-17(4-2-8-23-18)21(25-19)32(30,31)28-12-15-5-6-16(13-28)29(15)9-3-7-22/h2,4,8,10-11,15-16H,3,5-6,9,12-13H2,1H3,(H2,24,25,26,27). The van der Waals surface area contributed by atoms with Gasteiger partial charge in [-0.1, -0.05) is 0 Å². The lowest BCUT2D eigenvalue weighted by Crippen LogP contribution is -2.55. The molecule has 5 heterocycles. The first-order valence-corrected chi connectivity index (χ1v) is 12.1. The van der Waals surface area contributed by atoms with Crippen LogP contribution in [0.2, 0.25) is 0 Å². The third kappa shape index (κ3) is 3.70. The number of sulfonamides is 1. The highest BCUT2D eigenvalue weighted by Crippen LogP contribution is 2.34. The highest BCUT2D eigenvalue weighted by Gasteiger charge is 2.44. The number of anilines is 2. The highest BCUT2D eigenvalue weighted by molar-refractivity contribution is 7.89. The van der Waals surface area contributed by atoms with Crippen LogP contribution >= 0.6 is 0 Å². The molecule has 0 saturated carbocycles. The zero-order valence-electron chi connectivity index (χ0n) is 17.7. The van der Waals surface area contributed by atoms with Gasteiger partial charge in [0.25, 0.3) is 10.0 Å². The van der Waals surface area contributed by atoms with Crippen LogP contribution in [0.5, 0.6) is 0 Å². The van der Waals surface area contributed by atoms with Crippen LogP contribution in [-0.4, -0.2) is 69.5 Å². The van der Waals surface area contributed by atoms with Crippen molar-refractivity contribution in [3.63, 3.8) is 0 Å². The minimum atomic E-state index is -3.85. The third-order valence-electron chi connectivity index (χ3n) is 6.19. The van der Waals surface area contributed by atoms with E-state index in [0.29, 0.717) is 48.6 Å². The van der Waals surface area contributed by atoms with Crippen molar-refractivity contribution in [1.82, 2.24) is 29.4 Å². The van der Waals surface area contributed by atoms with E-state index in [1.807, 2.05) is 13.0 Å². The molecule has 0 radical (unpaired) electrons. The molecule has 3 aromatic rings. The second-order valence-corrected chi connectivity index (χ2v) is 10.2. The Balaban J connectivity index is 1.50. The minimum absolute atomic E-state index is 0.00253. The fourth-order valence-corrected chi connectivity index (χ4v) is 6.38. The molecular formula is C21H24N8O2S. The maximum absolute atomic E-state index is 13.8. The average molecular weight is 453 g/mol. The van der Waals surface area contributed by atoms with E-state index in [-0.39, 0.29) is 17.1 Å². The number of fused-ring (bicyclic) bond motifs is 3. The van der Waals surface area contributed by atoms with Gasteiger partial charge in [0.1, 0.15) is 5.82 Å². The maximum Gasteiger partial charge on any atom is 0.261 e. The largest absolute Gasteiger partial charge is 0.323 e. The lowest BCUT2D eigenvalue weighted by Gasteiger charge is -2.39. The van der Waals surface area contributed by atoms with E-state index in [2.05, 4.69) is 36.5 Å². The van der Waals surface area contributed by atoms with Crippen LogP contribution in [0.4, 0.5) is 11.6 Å². The first kappa shape index (κ1) is 20.8. The van der Waals surface area contributed by atoms with E-state index >= 15 is 0 Å². The number of nitriles is 1. The quantitative estimate of drug-likeness (QED) is 0.582. The van der Waals surface area contributed by atoms with Crippen molar-refractivity contribution in [2.24, 2.45) is 0 Å². The summed E-state index contributed by atoms with van der Waals surface area (Å²) in [6.45, 7) is 3.38. The van der Waals surface area contributed by atoms with E-state index in [0.717, 1.165) is 18.5 Å². The van der Waals surface area contributed by atoms with Gasteiger partial charge in [-0.3, -0.25) is 15.0 Å². The first-order chi connectivity index (χ1) is 15.5. The van der Waals surface area contributed by atoms with Crippen LogP contribution < -0.4 is 5.32 Å². The second-order valence-electron chi connectivity index (χ2n) is 8.30. The summed E-state index contributed by atoms with van der Waals surface area (Å²) in [4.78, 5) is 11.2. The van der Waals surface area contributed by atoms with Gasteiger partial charge in [0, 0.05) is 67.5 Å². The maximum atomic E-state index is 13.8. The number of pyridine rings is 2. The number of aryl methyl sites for hydroxylation is 1. The summed E-state index contributed by atoms with van der Waals surface area (Å²) < 4.78 is 29.1. The number of nitrogens with zero attached hydrogens (tertiary/aromatic N) is 6. The summed E-state index contributed by atoms with van der Waals surface area (Å²) in [5, 5.41) is 19.5. The van der Waals surface area contributed by atoms with Gasteiger partial charge in [0.15, 0.2) is 10.8 Å². The van der Waals surface area contributed by atoms with Gasteiger partial charge in [0.05, 0.1) is 11.6 Å². The summed E-state index contributed by atoms with van der Waals surface area (Å²) in [6, 6.07) is 9.46. The molecule has 0 amide bonds. The lowest BCUT2D eigenvalue weighted by atomic mass is 10.2. The van der Waals surface area contributed by atoms with Crippen LogP contribution in [0.3, 0.4) is 0 Å². The van der Waals surface area contributed by atoms with E-state index in [1.165, 1.54) is 0 Å². The Bertz CT molecular complexity index is 1280. The lowest BCUT2D eigenvalue weighted by molar-refractivity contribution is 0.113. The van der Waals surface area contributed by atoms with Crippen LogP contribution in [0.25, 0.3) is 10.9 Å². The van der Waals surface area contributed by atoms with Crippen LogP contribution in [0.1, 0.15) is 25.0 Å². The molecule has 2 fully saturated rings. The fourth-order valence-electron chi connectivity index (χ4n) is 4.73. The Morgan fingerprint density at radius 2 is 2.03 bits per heavy atom. The van der Waals surface area contributed by atoms with Gasteiger partial charge in [-0.05, 0) is 31.9 Å². The molecule has 5 rings (SSSR count). The highest BCUT2D eigenvalue weighted by atomic mass is 32.2. The molecule has 0 aliphatic carbocycles. The fraction of sp³-hybridized carbons (Fsp3) is 0.429. The Labute approximate surface area is 186 Å². The number of hydrogen-bond donors (Lipinski definition) is 2. The molecule has 2 N–H and O–H groups in total. The molecule has 32 heavy (non-hydrogen) atoms. The molecule has 2 atom stereocenters. The van der Waals surface area contributed by atoms with Crippen molar-refractivity contribution in [2.45, 2.75) is 43.3 Å². The first-order valence-electron chi connectivity index (χ1n) is 10.6. The van der Waals surface area contributed by atoms with Crippen molar-refractivity contribution < 1.29 is 8.42 Å². The van der Waals surface area contributed by atoms with E-state index < -0.39 is 10.0 Å². The summed E-state index contributed by atoms with van der Waals surface area (Å²) in [5.41, 5.74) is 1.43. The molecule has 2 saturated heterocycles. The topological polar surface area (TPSA) is 131 Å². The second kappa shape index (κ2) is 8.12. The van der Waals surface area contributed by atoms with Crippen molar-refractivity contribution in [3.8, 4) is 6.07 Å². The number of aromatic amines is 1. The molecule has 0 aromatic carbocycles. The molecule has 0 spiro atoms. The Morgan fingerprint density at radius 1 is 1.25 bits per heavy atom. The summed E-state index contributed by atoms with van der Waals surface area (Å²) in [7, 11) is -3.85. The van der Waals surface area contributed by atoms with Gasteiger partial charge in [-0.25, -0.2) is 13.4 Å². The van der Waals surface area contributed by atoms with Gasteiger partial charge in [-0.2, -0.15) is 14.7 Å². The van der Waals surface area contributed by atoms with Gasteiger partial charge in [-0.15, -0.1) is 0 Å². The average Bonchev–Trinajstić information content (AvgIpc) is 3.29. The van der Waals surface area contributed by atoms with E-state index in [1.54, 1.807) is 28.7 Å². The van der Waals surface area contributed by atoms with Crippen molar-refractivity contribution in [1.29, 1.82) is 5.26 Å². The van der Waals surface area contributed by atoms with Crippen LogP contribution in [-0.2, 0) is 10.0 Å². The number of hydrogen-bond acceptors (Lipinski definition) is 8. The SMILES string of the molecule is Cc1cc(Nc2cc3ncccc3c(S(=O)(=O)N3CC4CCC(C3)N4CCC#N)n2)n[nH]1. The molecule has 10 nitrogen and oxygen atoms in total. The molecule has 2 aliphatic rings. The molecule has 2 unspecified atom stereocenters. The molecular weight excluding hydrogens is 428 g/mol. The third-order valence-corrected chi connectivity index (χ3v) is 7.97. The van der Waals surface area contributed by atoms with E-state index in [9.17, 15) is 8.42 Å². The molecule has 11 heteroatoms. The van der Waals surface area contributed by atoms with Crippen LogP contribution in [0.15, 0.2) is 35.5 Å². The van der Waals surface area contributed by atoms with E-state index in [4.69, 9.17) is 5.26 Å². The van der Waals surface area contributed by atoms with Crippen molar-refractivity contribution >= 4 is 32.6 Å². The van der Waals surface area contributed by atoms with Gasteiger partial charge < -0.3 is 5.32 Å². The van der Waals surface area contributed by atoms with Gasteiger partial charge in [0.2, 0.25) is 0 Å². The minimum Gasteiger partial charge on any atom is -0.323 e. The Morgan fingerprint density at radius 3 is 2.72 bits per heavy atom. The Hall–Kier alpha value is -3.07. The smallest absolute Gasteiger partial charge is 0.261 e. The van der Waals surface area contributed by atoms with Crippen molar-refractivity contribution in [3.05, 3.63) is 36.2 Å². The monoisotopic (exact) mass is 452 g/mol. The molecule has 166 valence electrons. The van der Waals surface area contributed by atoms with Gasteiger partial charge >= 0.3 is 0 Å². The molecule has 3 aromatic heterocycles. The zero-order valence-corrected chi connectivity index (χ0v) is 18.5. The normalized spacial score (nSPS) is 21.6.